The van der Waals surface area contributed by atoms with Crippen LogP contribution in [0.1, 0.15) is 19.3 Å². The van der Waals surface area contributed by atoms with Crippen LogP contribution >= 0.6 is 0 Å². The van der Waals surface area contributed by atoms with E-state index in [1.54, 1.807) is 0 Å². The van der Waals surface area contributed by atoms with Gasteiger partial charge in [-0.05, 0) is 26.3 Å². The fourth-order valence-electron chi connectivity index (χ4n) is 1.15. The molecule has 0 aromatic heterocycles. The molecular formula is C8H10N2O. The Morgan fingerprint density at radius 1 is 1.18 bits per heavy atom. The van der Waals surface area contributed by atoms with Crippen LogP contribution in [0, 0.1) is 0 Å². The van der Waals surface area contributed by atoms with Gasteiger partial charge in [0, 0.05) is 6.42 Å². The first kappa shape index (κ1) is 7.85. The maximum atomic E-state index is 11.1. The van der Waals surface area contributed by atoms with Crippen molar-refractivity contribution in [2.24, 2.45) is 9.98 Å². The van der Waals surface area contributed by atoms with Gasteiger partial charge in [0.1, 0.15) is 5.70 Å². The number of rotatable bonds is 2. The summed E-state index contributed by atoms with van der Waals surface area (Å²) in [5.74, 6) is 0.0358. The maximum absolute atomic E-state index is 11.1. The van der Waals surface area contributed by atoms with Crippen molar-refractivity contribution in [1.29, 1.82) is 0 Å². The molecule has 0 fully saturated rings. The minimum Gasteiger partial charge on any atom is -0.292 e. The standard InChI is InChI=1S/C8H10N2O/c1-9-6-4-3-5-7(11)8(6)10-2/h1-5H2. The van der Waals surface area contributed by atoms with E-state index in [0.717, 1.165) is 12.8 Å². The highest BCUT2D eigenvalue weighted by atomic mass is 16.1. The van der Waals surface area contributed by atoms with Crippen molar-refractivity contribution in [3.8, 4) is 0 Å². The first-order valence-corrected chi connectivity index (χ1v) is 3.49. The number of ketones is 1. The zero-order chi connectivity index (χ0) is 8.27. The van der Waals surface area contributed by atoms with E-state index < -0.39 is 0 Å². The van der Waals surface area contributed by atoms with Crippen molar-refractivity contribution >= 4 is 19.2 Å². The van der Waals surface area contributed by atoms with Crippen LogP contribution in [-0.2, 0) is 4.79 Å². The lowest BCUT2D eigenvalue weighted by Gasteiger charge is -2.11. The molecule has 0 radical (unpaired) electrons. The number of carbonyl (C=O) groups is 1. The Morgan fingerprint density at radius 3 is 2.36 bits per heavy atom. The number of hydrogen-bond donors (Lipinski definition) is 0. The maximum Gasteiger partial charge on any atom is 0.183 e. The van der Waals surface area contributed by atoms with Crippen molar-refractivity contribution in [2.75, 3.05) is 0 Å². The summed E-state index contributed by atoms with van der Waals surface area (Å²) in [7, 11) is 0. The largest absolute Gasteiger partial charge is 0.292 e. The highest BCUT2D eigenvalue weighted by Gasteiger charge is 2.18. The van der Waals surface area contributed by atoms with Gasteiger partial charge in [-0.3, -0.25) is 14.8 Å². The van der Waals surface area contributed by atoms with E-state index in [-0.39, 0.29) is 5.78 Å². The molecular weight excluding hydrogens is 140 g/mol. The van der Waals surface area contributed by atoms with Crippen LogP contribution in [0.3, 0.4) is 0 Å². The van der Waals surface area contributed by atoms with Gasteiger partial charge >= 0.3 is 0 Å². The number of carbonyl (C=O) groups excluding carboxylic acids is 1. The minimum atomic E-state index is 0.0358. The summed E-state index contributed by atoms with van der Waals surface area (Å²) in [4.78, 5) is 18.5. The van der Waals surface area contributed by atoms with E-state index in [1.807, 2.05) is 0 Å². The number of allylic oxidation sites excluding steroid dienone is 2. The molecule has 0 aromatic rings. The lowest BCUT2D eigenvalue weighted by molar-refractivity contribution is -0.116. The Morgan fingerprint density at radius 2 is 1.91 bits per heavy atom. The lowest BCUT2D eigenvalue weighted by Crippen LogP contribution is -2.08. The summed E-state index contributed by atoms with van der Waals surface area (Å²) >= 11 is 0. The van der Waals surface area contributed by atoms with E-state index in [1.165, 1.54) is 0 Å². The van der Waals surface area contributed by atoms with Gasteiger partial charge in [0.2, 0.25) is 0 Å². The molecule has 11 heavy (non-hydrogen) atoms. The molecule has 0 atom stereocenters. The fraction of sp³-hybridized carbons (Fsp3) is 0.375. The molecule has 1 rings (SSSR count). The van der Waals surface area contributed by atoms with Crippen LogP contribution in [-0.4, -0.2) is 19.2 Å². The average Bonchev–Trinajstić information content (AvgIpc) is 2.04. The van der Waals surface area contributed by atoms with Crippen molar-refractivity contribution in [2.45, 2.75) is 19.3 Å². The first-order valence-electron chi connectivity index (χ1n) is 3.49. The molecule has 58 valence electrons. The molecule has 1 aliphatic carbocycles. The summed E-state index contributed by atoms with van der Waals surface area (Å²) in [6, 6.07) is 0. The fourth-order valence-corrected chi connectivity index (χ4v) is 1.15. The van der Waals surface area contributed by atoms with E-state index in [4.69, 9.17) is 0 Å². The Labute approximate surface area is 65.6 Å². The molecule has 0 aromatic carbocycles. The van der Waals surface area contributed by atoms with E-state index in [9.17, 15) is 4.79 Å². The van der Waals surface area contributed by atoms with Crippen LogP contribution in [0.25, 0.3) is 0 Å². The number of hydrogen-bond acceptors (Lipinski definition) is 3. The summed E-state index contributed by atoms with van der Waals surface area (Å²) in [5, 5.41) is 0. The van der Waals surface area contributed by atoms with Gasteiger partial charge in [-0.2, -0.15) is 0 Å². The van der Waals surface area contributed by atoms with Crippen molar-refractivity contribution < 1.29 is 4.79 Å². The number of aliphatic imine (C=N–C) groups is 2. The normalized spacial score (nSPS) is 18.4. The molecule has 0 spiro atoms. The Bertz CT molecular complexity index is 240. The van der Waals surface area contributed by atoms with Gasteiger partial charge in [-0.25, -0.2) is 0 Å². The van der Waals surface area contributed by atoms with Gasteiger partial charge < -0.3 is 0 Å². The van der Waals surface area contributed by atoms with Gasteiger partial charge in [-0.1, -0.05) is 0 Å². The minimum absolute atomic E-state index is 0.0358. The number of Topliss-reactive ketones (excluding diaryl/α,β-unsaturated/α-hetero) is 1. The molecule has 0 amide bonds. The number of nitrogens with zero attached hydrogens (tertiary/aromatic N) is 2. The Kier molecular flexibility index (Phi) is 2.31. The summed E-state index contributed by atoms with van der Waals surface area (Å²) in [6.07, 6.45) is 2.21. The lowest BCUT2D eigenvalue weighted by atomic mass is 10.0. The third-order valence-electron chi connectivity index (χ3n) is 1.70. The molecule has 0 heterocycles. The van der Waals surface area contributed by atoms with E-state index in [0.29, 0.717) is 17.8 Å². The highest BCUT2D eigenvalue weighted by molar-refractivity contribution is 5.97. The Balaban J connectivity index is 3.04. The monoisotopic (exact) mass is 150 g/mol. The van der Waals surface area contributed by atoms with Gasteiger partial charge in [0.25, 0.3) is 0 Å². The van der Waals surface area contributed by atoms with Crippen LogP contribution < -0.4 is 0 Å². The summed E-state index contributed by atoms with van der Waals surface area (Å²) in [5.41, 5.74) is 1.10. The first-order chi connectivity index (χ1) is 5.29. The van der Waals surface area contributed by atoms with Crippen LogP contribution in [0.15, 0.2) is 21.4 Å². The van der Waals surface area contributed by atoms with E-state index in [2.05, 4.69) is 23.4 Å². The second-order valence-electron chi connectivity index (χ2n) is 2.39. The third kappa shape index (κ3) is 1.42. The molecule has 0 unspecified atom stereocenters. The van der Waals surface area contributed by atoms with Crippen molar-refractivity contribution in [1.82, 2.24) is 0 Å². The van der Waals surface area contributed by atoms with Crippen LogP contribution in [0.4, 0.5) is 0 Å². The zero-order valence-corrected chi connectivity index (χ0v) is 6.34. The third-order valence-corrected chi connectivity index (χ3v) is 1.70. The average molecular weight is 150 g/mol. The smallest absolute Gasteiger partial charge is 0.183 e. The molecule has 0 saturated carbocycles. The van der Waals surface area contributed by atoms with Crippen LogP contribution in [0.2, 0.25) is 0 Å². The van der Waals surface area contributed by atoms with Crippen molar-refractivity contribution in [3.63, 3.8) is 0 Å². The topological polar surface area (TPSA) is 41.8 Å². The molecule has 3 nitrogen and oxygen atoms in total. The molecule has 0 N–H and O–H groups in total. The molecule has 1 aliphatic rings. The second kappa shape index (κ2) is 3.23. The second-order valence-corrected chi connectivity index (χ2v) is 2.39. The predicted octanol–water partition coefficient (Wildman–Crippen LogP) is 1.35. The zero-order valence-electron chi connectivity index (χ0n) is 6.34. The molecule has 0 saturated heterocycles. The quantitative estimate of drug-likeness (QED) is 0.548. The van der Waals surface area contributed by atoms with Gasteiger partial charge in [0.05, 0.1) is 5.70 Å². The SMILES string of the molecule is C=NC1=C(N=C)C(=O)CCC1. The van der Waals surface area contributed by atoms with Crippen LogP contribution in [0.5, 0.6) is 0 Å². The Hall–Kier alpha value is -1.25. The summed E-state index contributed by atoms with van der Waals surface area (Å²) < 4.78 is 0. The van der Waals surface area contributed by atoms with Gasteiger partial charge in [-0.15, -0.1) is 0 Å². The summed E-state index contributed by atoms with van der Waals surface area (Å²) in [6.45, 7) is 6.69. The molecule has 3 heteroatoms. The molecule has 0 bridgehead atoms. The molecule has 0 aliphatic heterocycles. The van der Waals surface area contributed by atoms with Gasteiger partial charge in [0.15, 0.2) is 5.78 Å². The van der Waals surface area contributed by atoms with Crippen molar-refractivity contribution in [3.05, 3.63) is 11.4 Å². The van der Waals surface area contributed by atoms with E-state index >= 15 is 0 Å². The highest BCUT2D eigenvalue weighted by Crippen LogP contribution is 2.22. The predicted molar refractivity (Wildman–Crippen MR) is 45.0 cm³/mol.